The SMILES string of the molecule is CCN(CC)c1ccc(/C=C2/C(=O)N(CCOC(C)=O)C(=O)C(C#N)=C2C)cc1. The summed E-state index contributed by atoms with van der Waals surface area (Å²) < 4.78 is 4.84. The lowest BCUT2D eigenvalue weighted by atomic mass is 9.93. The Morgan fingerprint density at radius 1 is 1.17 bits per heavy atom. The lowest BCUT2D eigenvalue weighted by Crippen LogP contribution is -2.44. The van der Waals surface area contributed by atoms with Gasteiger partial charge in [0.05, 0.1) is 6.54 Å². The van der Waals surface area contributed by atoms with E-state index in [2.05, 4.69) is 18.7 Å². The predicted molar refractivity (Wildman–Crippen MR) is 110 cm³/mol. The van der Waals surface area contributed by atoms with Gasteiger partial charge in [0.1, 0.15) is 18.2 Å². The summed E-state index contributed by atoms with van der Waals surface area (Å²) in [5.41, 5.74) is 2.41. The van der Waals surface area contributed by atoms with Crippen LogP contribution in [-0.2, 0) is 19.1 Å². The number of hydrogen-bond acceptors (Lipinski definition) is 6. The first kappa shape index (κ1) is 21.9. The van der Waals surface area contributed by atoms with E-state index in [1.165, 1.54) is 6.92 Å². The van der Waals surface area contributed by atoms with Crippen LogP contribution >= 0.6 is 0 Å². The molecule has 7 heteroatoms. The largest absolute Gasteiger partial charge is 0.464 e. The average molecular weight is 395 g/mol. The quantitative estimate of drug-likeness (QED) is 0.400. The second kappa shape index (κ2) is 9.69. The number of amides is 2. The first-order valence-corrected chi connectivity index (χ1v) is 9.51. The van der Waals surface area contributed by atoms with Crippen molar-refractivity contribution in [3.05, 3.63) is 46.5 Å². The molecule has 0 atom stereocenters. The molecule has 0 aromatic heterocycles. The molecule has 1 aliphatic heterocycles. The van der Waals surface area contributed by atoms with Crippen molar-refractivity contribution in [2.24, 2.45) is 0 Å². The fourth-order valence-electron chi connectivity index (χ4n) is 3.15. The summed E-state index contributed by atoms with van der Waals surface area (Å²) in [6.07, 6.45) is 1.67. The number of benzene rings is 1. The van der Waals surface area contributed by atoms with Crippen molar-refractivity contribution >= 4 is 29.5 Å². The number of hydrogen-bond donors (Lipinski definition) is 0. The number of nitriles is 1. The number of anilines is 1. The van der Waals surface area contributed by atoms with Gasteiger partial charge in [-0.3, -0.25) is 19.3 Å². The molecule has 1 aliphatic rings. The average Bonchev–Trinajstić information content (AvgIpc) is 2.70. The van der Waals surface area contributed by atoms with Crippen molar-refractivity contribution < 1.29 is 19.1 Å². The van der Waals surface area contributed by atoms with Crippen molar-refractivity contribution in [3.8, 4) is 6.07 Å². The third kappa shape index (κ3) is 4.91. The van der Waals surface area contributed by atoms with E-state index in [0.717, 1.165) is 29.2 Å². The maximum atomic E-state index is 12.9. The third-order valence-corrected chi connectivity index (χ3v) is 4.78. The second-order valence-corrected chi connectivity index (χ2v) is 6.54. The molecule has 0 radical (unpaired) electrons. The molecular weight excluding hydrogens is 370 g/mol. The third-order valence-electron chi connectivity index (χ3n) is 4.78. The van der Waals surface area contributed by atoms with E-state index in [9.17, 15) is 19.6 Å². The molecule has 1 heterocycles. The molecular formula is C22H25N3O4. The summed E-state index contributed by atoms with van der Waals surface area (Å²) in [6.45, 7) is 8.57. The number of carbonyl (C=O) groups excluding carboxylic acids is 3. The minimum atomic E-state index is -0.670. The first-order chi connectivity index (χ1) is 13.8. The molecule has 0 fully saturated rings. The first-order valence-electron chi connectivity index (χ1n) is 9.51. The zero-order valence-corrected chi connectivity index (χ0v) is 17.2. The van der Waals surface area contributed by atoms with Crippen LogP contribution in [0.5, 0.6) is 0 Å². The summed E-state index contributed by atoms with van der Waals surface area (Å²) in [5.74, 6) is -1.68. The topological polar surface area (TPSA) is 90.7 Å². The van der Waals surface area contributed by atoms with Gasteiger partial charge < -0.3 is 9.64 Å². The van der Waals surface area contributed by atoms with E-state index in [1.807, 2.05) is 30.3 Å². The number of carbonyl (C=O) groups is 3. The smallest absolute Gasteiger partial charge is 0.302 e. The molecule has 0 bridgehead atoms. The van der Waals surface area contributed by atoms with Crippen LogP contribution in [0.3, 0.4) is 0 Å². The number of ether oxygens (including phenoxy) is 1. The molecule has 0 N–H and O–H groups in total. The lowest BCUT2D eigenvalue weighted by Gasteiger charge is -2.27. The Hall–Kier alpha value is -3.40. The van der Waals surface area contributed by atoms with E-state index in [-0.39, 0.29) is 24.3 Å². The second-order valence-electron chi connectivity index (χ2n) is 6.54. The summed E-state index contributed by atoms with van der Waals surface area (Å²) in [4.78, 5) is 39.5. The Morgan fingerprint density at radius 2 is 1.79 bits per heavy atom. The van der Waals surface area contributed by atoms with E-state index in [4.69, 9.17) is 4.74 Å². The van der Waals surface area contributed by atoms with Gasteiger partial charge in [0.2, 0.25) is 0 Å². The van der Waals surface area contributed by atoms with Gasteiger partial charge in [-0.05, 0) is 50.1 Å². The van der Waals surface area contributed by atoms with Gasteiger partial charge in [-0.1, -0.05) is 12.1 Å². The number of rotatable bonds is 7. The highest BCUT2D eigenvalue weighted by Gasteiger charge is 2.35. The summed E-state index contributed by atoms with van der Waals surface area (Å²) in [6, 6.07) is 9.63. The van der Waals surface area contributed by atoms with Gasteiger partial charge in [-0.15, -0.1) is 0 Å². The van der Waals surface area contributed by atoms with Crippen molar-refractivity contribution in [2.75, 3.05) is 31.1 Å². The Bertz CT molecular complexity index is 903. The molecule has 0 spiro atoms. The maximum absolute atomic E-state index is 12.9. The van der Waals surface area contributed by atoms with E-state index in [0.29, 0.717) is 5.57 Å². The summed E-state index contributed by atoms with van der Waals surface area (Å²) in [7, 11) is 0. The highest BCUT2D eigenvalue weighted by atomic mass is 16.5. The number of esters is 1. The molecule has 2 amide bonds. The maximum Gasteiger partial charge on any atom is 0.302 e. The minimum Gasteiger partial charge on any atom is -0.464 e. The Balaban J connectivity index is 2.37. The van der Waals surface area contributed by atoms with E-state index in [1.54, 1.807) is 13.0 Å². The Morgan fingerprint density at radius 3 is 2.31 bits per heavy atom. The van der Waals surface area contributed by atoms with Gasteiger partial charge in [0.15, 0.2) is 0 Å². The summed E-state index contributed by atoms with van der Waals surface area (Å²) >= 11 is 0. The van der Waals surface area contributed by atoms with Crippen LogP contribution in [0.1, 0.15) is 33.3 Å². The molecule has 0 saturated heterocycles. The Kier molecular flexibility index (Phi) is 7.32. The molecule has 1 aromatic carbocycles. The highest BCUT2D eigenvalue weighted by Crippen LogP contribution is 2.27. The van der Waals surface area contributed by atoms with Crippen LogP contribution in [0.2, 0.25) is 0 Å². The molecule has 0 saturated carbocycles. The zero-order valence-electron chi connectivity index (χ0n) is 17.2. The van der Waals surface area contributed by atoms with Crippen molar-refractivity contribution in [1.29, 1.82) is 5.26 Å². The highest BCUT2D eigenvalue weighted by molar-refractivity contribution is 6.19. The summed E-state index contributed by atoms with van der Waals surface area (Å²) in [5, 5.41) is 9.40. The molecule has 1 aromatic rings. The van der Waals surface area contributed by atoms with Gasteiger partial charge >= 0.3 is 5.97 Å². The fourth-order valence-corrected chi connectivity index (χ4v) is 3.15. The normalized spacial score (nSPS) is 15.6. The van der Waals surface area contributed by atoms with Crippen LogP contribution < -0.4 is 4.90 Å². The molecule has 7 nitrogen and oxygen atoms in total. The molecule has 0 unspecified atom stereocenters. The molecule has 2 rings (SSSR count). The van der Waals surface area contributed by atoms with Crippen LogP contribution in [0.25, 0.3) is 6.08 Å². The van der Waals surface area contributed by atoms with Crippen LogP contribution in [-0.4, -0.2) is 48.9 Å². The minimum absolute atomic E-state index is 0.0848. The van der Waals surface area contributed by atoms with Crippen LogP contribution in [0, 0.1) is 11.3 Å². The van der Waals surface area contributed by atoms with Gasteiger partial charge in [0, 0.05) is 31.3 Å². The van der Waals surface area contributed by atoms with E-state index < -0.39 is 17.8 Å². The van der Waals surface area contributed by atoms with Crippen LogP contribution in [0.15, 0.2) is 41.0 Å². The van der Waals surface area contributed by atoms with E-state index >= 15 is 0 Å². The lowest BCUT2D eigenvalue weighted by molar-refractivity contribution is -0.147. The zero-order chi connectivity index (χ0) is 21.6. The van der Waals surface area contributed by atoms with Crippen molar-refractivity contribution in [1.82, 2.24) is 4.90 Å². The van der Waals surface area contributed by atoms with Crippen molar-refractivity contribution in [2.45, 2.75) is 27.7 Å². The molecule has 152 valence electrons. The monoisotopic (exact) mass is 395 g/mol. The van der Waals surface area contributed by atoms with Crippen molar-refractivity contribution in [3.63, 3.8) is 0 Å². The molecule has 0 aliphatic carbocycles. The van der Waals surface area contributed by atoms with Gasteiger partial charge in [-0.2, -0.15) is 5.26 Å². The van der Waals surface area contributed by atoms with Crippen LogP contribution in [0.4, 0.5) is 5.69 Å². The Labute approximate surface area is 170 Å². The van der Waals surface area contributed by atoms with Gasteiger partial charge in [-0.25, -0.2) is 0 Å². The predicted octanol–water partition coefficient (Wildman–Crippen LogP) is 2.69. The number of nitrogens with zero attached hydrogens (tertiary/aromatic N) is 3. The fraction of sp³-hybridized carbons (Fsp3) is 0.364. The number of imide groups is 1. The molecule has 29 heavy (non-hydrogen) atoms. The standard InChI is InChI=1S/C22H25N3O4/c1-5-24(6-2)18-9-7-17(8-10-18)13-19-15(3)20(14-23)22(28)25(21(19)27)11-12-29-16(4)26/h7-10,13H,5-6,11-12H2,1-4H3/b19-13+. The van der Waals surface area contributed by atoms with Gasteiger partial charge in [0.25, 0.3) is 11.8 Å².